The van der Waals surface area contributed by atoms with Gasteiger partial charge in [0.05, 0.1) is 36.4 Å². The fraction of sp³-hybridized carbons (Fsp3) is 0.464. The van der Waals surface area contributed by atoms with Gasteiger partial charge in [0.1, 0.15) is 24.0 Å². The summed E-state index contributed by atoms with van der Waals surface area (Å²) in [7, 11) is 5.59. The number of anilines is 2. The fourth-order valence-electron chi connectivity index (χ4n) is 5.29. The monoisotopic (exact) mass is 496 g/mol. The minimum atomic E-state index is -0.323. The van der Waals surface area contributed by atoms with E-state index in [1.165, 1.54) is 18.9 Å². The number of halogens is 2. The highest BCUT2D eigenvalue weighted by molar-refractivity contribution is 5.90. The van der Waals surface area contributed by atoms with Crippen molar-refractivity contribution in [2.75, 3.05) is 51.2 Å². The molecule has 0 spiro atoms. The Bertz CT molecular complexity index is 1270. The zero-order valence-electron chi connectivity index (χ0n) is 21.2. The molecular formula is C28H34F2N4O2. The molecule has 1 unspecified atom stereocenters. The molecule has 8 heteroatoms. The lowest BCUT2D eigenvalue weighted by Gasteiger charge is -2.24. The molecule has 1 aliphatic heterocycles. The number of ether oxygens (including phenoxy) is 1. The Morgan fingerprint density at radius 3 is 2.69 bits per heavy atom. The molecule has 1 fully saturated rings. The topological polar surface area (TPSA) is 49.7 Å². The molecular weight excluding hydrogens is 462 g/mol. The standard InChI is InChI=1S/C28H34F2N4O2/c1-32(9-4-8-29)10-7-19-13-24-23(12-21(19)17-35)31-28(33(24)2)25-14-20-11-22(30)15-26(36-3)27(20)34(25)16-18-5-6-18/h11-15,17-18,28,31H,4-10,16H2,1-3H3. The largest absolute Gasteiger partial charge is 0.494 e. The van der Waals surface area contributed by atoms with Gasteiger partial charge >= 0.3 is 0 Å². The summed E-state index contributed by atoms with van der Waals surface area (Å²) in [5.41, 5.74) is 5.52. The first-order valence-corrected chi connectivity index (χ1v) is 12.7. The van der Waals surface area contributed by atoms with Crippen LogP contribution >= 0.6 is 0 Å². The number of nitrogens with one attached hydrogen (secondary N) is 1. The third-order valence-electron chi connectivity index (χ3n) is 7.47. The van der Waals surface area contributed by atoms with Crippen molar-refractivity contribution in [3.05, 3.63) is 53.0 Å². The smallest absolute Gasteiger partial charge is 0.150 e. The minimum Gasteiger partial charge on any atom is -0.494 e. The number of rotatable bonds is 11. The average molecular weight is 497 g/mol. The summed E-state index contributed by atoms with van der Waals surface area (Å²) in [6.07, 6.45) is 4.36. The van der Waals surface area contributed by atoms with E-state index < -0.39 is 0 Å². The van der Waals surface area contributed by atoms with E-state index in [1.54, 1.807) is 13.2 Å². The second-order valence-electron chi connectivity index (χ2n) is 10.1. The summed E-state index contributed by atoms with van der Waals surface area (Å²) in [6.45, 7) is 1.98. The van der Waals surface area contributed by atoms with Crippen LogP contribution in [-0.2, 0) is 13.0 Å². The zero-order chi connectivity index (χ0) is 25.4. The van der Waals surface area contributed by atoms with Crippen LogP contribution in [0.4, 0.5) is 20.2 Å². The first-order valence-electron chi connectivity index (χ1n) is 12.7. The second kappa shape index (κ2) is 10.1. The number of nitrogens with zero attached hydrogens (tertiary/aromatic N) is 3. The molecule has 5 rings (SSSR count). The molecule has 2 heterocycles. The molecule has 2 aromatic carbocycles. The van der Waals surface area contributed by atoms with Gasteiger partial charge in [-0.15, -0.1) is 0 Å². The van der Waals surface area contributed by atoms with Crippen LogP contribution in [0.3, 0.4) is 0 Å². The Morgan fingerprint density at radius 1 is 1.19 bits per heavy atom. The maximum absolute atomic E-state index is 14.3. The number of carbonyl (C=O) groups excluding carboxylic acids is 1. The van der Waals surface area contributed by atoms with E-state index >= 15 is 0 Å². The van der Waals surface area contributed by atoms with Crippen molar-refractivity contribution in [2.24, 2.45) is 5.92 Å². The number of benzene rings is 2. The van der Waals surface area contributed by atoms with Crippen molar-refractivity contribution in [1.82, 2.24) is 9.47 Å². The summed E-state index contributed by atoms with van der Waals surface area (Å²) in [4.78, 5) is 16.2. The van der Waals surface area contributed by atoms with E-state index in [2.05, 4.69) is 25.8 Å². The van der Waals surface area contributed by atoms with Gasteiger partial charge in [0.15, 0.2) is 0 Å². The van der Waals surface area contributed by atoms with Gasteiger partial charge in [-0.1, -0.05) is 0 Å². The highest BCUT2D eigenvalue weighted by Crippen LogP contribution is 2.45. The first kappa shape index (κ1) is 24.6. The number of alkyl halides is 1. The molecule has 1 aromatic heterocycles. The third kappa shape index (κ3) is 4.66. The Labute approximate surface area is 210 Å². The van der Waals surface area contributed by atoms with E-state index in [1.807, 2.05) is 26.2 Å². The molecule has 1 N–H and O–H groups in total. The molecule has 0 radical (unpaired) electrons. The van der Waals surface area contributed by atoms with Crippen LogP contribution in [0, 0.1) is 11.7 Å². The number of methoxy groups -OCH3 is 1. The molecule has 0 saturated heterocycles. The number of hydrogen-bond donors (Lipinski definition) is 1. The fourth-order valence-corrected chi connectivity index (χ4v) is 5.29. The van der Waals surface area contributed by atoms with Crippen LogP contribution < -0.4 is 15.0 Å². The van der Waals surface area contributed by atoms with Crippen molar-refractivity contribution >= 4 is 28.6 Å². The van der Waals surface area contributed by atoms with Crippen molar-refractivity contribution in [1.29, 1.82) is 0 Å². The Morgan fingerprint density at radius 2 is 2.00 bits per heavy atom. The Hall–Kier alpha value is -3.13. The number of aldehydes is 1. The normalized spacial score (nSPS) is 17.1. The number of carbonyl (C=O) groups is 1. The molecule has 3 aromatic rings. The lowest BCUT2D eigenvalue weighted by molar-refractivity contribution is 0.112. The number of fused-ring (bicyclic) bond motifs is 2. The molecule has 1 saturated carbocycles. The number of likely N-dealkylation sites (N-methyl/N-ethyl adjacent to an activating group) is 1. The Kier molecular flexibility index (Phi) is 6.88. The Balaban J connectivity index is 1.48. The van der Waals surface area contributed by atoms with Crippen molar-refractivity contribution in [3.63, 3.8) is 0 Å². The van der Waals surface area contributed by atoms with Crippen LogP contribution in [0.5, 0.6) is 5.75 Å². The predicted molar refractivity (Wildman–Crippen MR) is 140 cm³/mol. The van der Waals surface area contributed by atoms with E-state index in [4.69, 9.17) is 4.74 Å². The van der Waals surface area contributed by atoms with E-state index in [0.717, 1.165) is 52.9 Å². The van der Waals surface area contributed by atoms with Crippen LogP contribution in [0.15, 0.2) is 30.3 Å². The SMILES string of the molecule is COc1cc(F)cc2cc(C3Nc4cc(C=O)c(CCN(C)CCCF)cc4N3C)n(CC3CC3)c12. The van der Waals surface area contributed by atoms with Gasteiger partial charge < -0.3 is 24.4 Å². The third-order valence-corrected chi connectivity index (χ3v) is 7.47. The van der Waals surface area contributed by atoms with Crippen LogP contribution in [-0.4, -0.2) is 56.7 Å². The summed E-state index contributed by atoms with van der Waals surface area (Å²) in [5, 5.41) is 4.42. The molecule has 192 valence electrons. The molecule has 1 atom stereocenters. The predicted octanol–water partition coefficient (Wildman–Crippen LogP) is 5.41. The van der Waals surface area contributed by atoms with Crippen LogP contribution in [0.25, 0.3) is 10.9 Å². The highest BCUT2D eigenvalue weighted by atomic mass is 19.1. The zero-order valence-corrected chi connectivity index (χ0v) is 21.2. The van der Waals surface area contributed by atoms with Crippen LogP contribution in [0.1, 0.15) is 47.0 Å². The van der Waals surface area contributed by atoms with E-state index in [9.17, 15) is 13.6 Å². The van der Waals surface area contributed by atoms with Gasteiger partial charge in [-0.25, -0.2) is 4.39 Å². The summed E-state index contributed by atoms with van der Waals surface area (Å²) in [6, 6.07) is 9.07. The van der Waals surface area contributed by atoms with Gasteiger partial charge in [0, 0.05) is 43.7 Å². The molecule has 0 amide bonds. The highest BCUT2D eigenvalue weighted by Gasteiger charge is 2.33. The molecule has 0 bridgehead atoms. The van der Waals surface area contributed by atoms with Gasteiger partial charge in [-0.05, 0) is 68.5 Å². The van der Waals surface area contributed by atoms with Crippen molar-refractivity contribution < 1.29 is 18.3 Å². The molecule has 36 heavy (non-hydrogen) atoms. The summed E-state index contributed by atoms with van der Waals surface area (Å²) < 4.78 is 34.7. The van der Waals surface area contributed by atoms with E-state index in [0.29, 0.717) is 36.6 Å². The first-order chi connectivity index (χ1) is 17.4. The average Bonchev–Trinajstić information content (AvgIpc) is 3.55. The maximum atomic E-state index is 14.3. The van der Waals surface area contributed by atoms with Gasteiger partial charge in [0.2, 0.25) is 0 Å². The van der Waals surface area contributed by atoms with Gasteiger partial charge in [-0.3, -0.25) is 9.18 Å². The molecule has 2 aliphatic rings. The summed E-state index contributed by atoms with van der Waals surface area (Å²) in [5.74, 6) is 0.838. The quantitative estimate of drug-likeness (QED) is 0.360. The summed E-state index contributed by atoms with van der Waals surface area (Å²) >= 11 is 0. The van der Waals surface area contributed by atoms with Crippen molar-refractivity contribution in [3.8, 4) is 5.75 Å². The molecule has 1 aliphatic carbocycles. The molecule has 6 nitrogen and oxygen atoms in total. The number of aromatic nitrogens is 1. The van der Waals surface area contributed by atoms with Gasteiger partial charge in [0.25, 0.3) is 0 Å². The lowest BCUT2D eigenvalue weighted by Crippen LogP contribution is -2.26. The van der Waals surface area contributed by atoms with Crippen LogP contribution in [0.2, 0.25) is 0 Å². The second-order valence-corrected chi connectivity index (χ2v) is 10.1. The van der Waals surface area contributed by atoms with Crippen molar-refractivity contribution in [2.45, 2.75) is 38.4 Å². The maximum Gasteiger partial charge on any atom is 0.150 e. The number of hydrogen-bond acceptors (Lipinski definition) is 5. The minimum absolute atomic E-state index is 0.166. The lowest BCUT2D eigenvalue weighted by atomic mass is 10.0. The van der Waals surface area contributed by atoms with Gasteiger partial charge in [-0.2, -0.15) is 0 Å². The van der Waals surface area contributed by atoms with E-state index in [-0.39, 0.29) is 18.7 Å².